The minimum absolute atomic E-state index is 0.156. The molecule has 110 valence electrons. The van der Waals surface area contributed by atoms with Crippen LogP contribution in [0.3, 0.4) is 0 Å². The molecule has 0 spiro atoms. The van der Waals surface area contributed by atoms with Crippen LogP contribution in [0.1, 0.15) is 18.4 Å². The van der Waals surface area contributed by atoms with Gasteiger partial charge in [0.05, 0.1) is 11.5 Å². The summed E-state index contributed by atoms with van der Waals surface area (Å²) in [7, 11) is 1.97. The predicted molar refractivity (Wildman–Crippen MR) is 82.5 cm³/mol. The number of nitrogens with zero attached hydrogens (tertiary/aromatic N) is 2. The molecule has 0 heterocycles. The fourth-order valence-electron chi connectivity index (χ4n) is 1.96. The van der Waals surface area contributed by atoms with Crippen LogP contribution in [0.2, 0.25) is 0 Å². The van der Waals surface area contributed by atoms with Crippen LogP contribution in [0.25, 0.3) is 0 Å². The summed E-state index contributed by atoms with van der Waals surface area (Å²) in [6.07, 6.45) is 2.60. The maximum absolute atomic E-state index is 10.9. The Labute approximate surface area is 127 Å². The number of benzene rings is 1. The Kier molecular flexibility index (Phi) is 5.37. The quantitative estimate of drug-likeness (QED) is 0.314. The molecule has 0 bridgehead atoms. The number of hydrogen-bond donors (Lipinski definition) is 0. The molecule has 6 heteroatoms. The molecule has 0 amide bonds. The maximum Gasteiger partial charge on any atom is 0.273 e. The Morgan fingerprint density at radius 2 is 2.25 bits per heavy atom. The summed E-state index contributed by atoms with van der Waals surface area (Å²) in [6.45, 7) is 2.33. The highest BCUT2D eigenvalue weighted by Gasteiger charge is 2.21. The molecule has 1 aromatic carbocycles. The Bertz CT molecular complexity index is 477. The zero-order valence-electron chi connectivity index (χ0n) is 11.5. The van der Waals surface area contributed by atoms with Crippen molar-refractivity contribution in [2.75, 3.05) is 31.7 Å². The summed E-state index contributed by atoms with van der Waals surface area (Å²) in [6, 6.07) is 5.20. The van der Waals surface area contributed by atoms with E-state index in [1.54, 1.807) is 12.1 Å². The first-order valence-electron chi connectivity index (χ1n) is 6.74. The van der Waals surface area contributed by atoms with Gasteiger partial charge in [-0.2, -0.15) is 0 Å². The average Bonchev–Trinajstić information content (AvgIpc) is 3.26. The number of likely N-dealkylation sites (N-methyl/N-ethyl adjacent to an activating group) is 1. The first kappa shape index (κ1) is 15.3. The summed E-state index contributed by atoms with van der Waals surface area (Å²) >= 11 is 3.30. The lowest BCUT2D eigenvalue weighted by Gasteiger charge is -2.19. The molecule has 5 nitrogen and oxygen atoms in total. The molecular formula is C14H19BrN2O3. The molecule has 0 unspecified atom stereocenters. The van der Waals surface area contributed by atoms with Gasteiger partial charge in [0, 0.05) is 42.8 Å². The number of ether oxygens (including phenoxy) is 1. The van der Waals surface area contributed by atoms with E-state index in [-0.39, 0.29) is 10.6 Å². The van der Waals surface area contributed by atoms with Gasteiger partial charge in [-0.15, -0.1) is 0 Å². The van der Waals surface area contributed by atoms with Gasteiger partial charge in [-0.25, -0.2) is 0 Å². The molecule has 1 saturated carbocycles. The first-order valence-corrected chi connectivity index (χ1v) is 7.86. The molecule has 0 aliphatic heterocycles. The van der Waals surface area contributed by atoms with E-state index < -0.39 is 0 Å². The number of rotatable bonds is 8. The molecule has 20 heavy (non-hydrogen) atoms. The van der Waals surface area contributed by atoms with Crippen molar-refractivity contribution in [3.8, 4) is 0 Å². The fourth-order valence-corrected chi connectivity index (χ4v) is 2.41. The summed E-state index contributed by atoms with van der Waals surface area (Å²) in [5.41, 5.74) is 1.82. The molecule has 2 rings (SSSR count). The van der Waals surface area contributed by atoms with Crippen LogP contribution in [0.5, 0.6) is 0 Å². The third-order valence-electron chi connectivity index (χ3n) is 3.47. The van der Waals surface area contributed by atoms with Crippen LogP contribution in [0, 0.1) is 16.0 Å². The maximum atomic E-state index is 10.9. The van der Waals surface area contributed by atoms with Crippen LogP contribution in [0.4, 0.5) is 11.4 Å². The van der Waals surface area contributed by atoms with E-state index in [0.29, 0.717) is 17.5 Å². The molecular weight excluding hydrogens is 324 g/mol. The highest BCUT2D eigenvalue weighted by molar-refractivity contribution is 9.08. The lowest BCUT2D eigenvalue weighted by atomic mass is 10.1. The minimum atomic E-state index is -0.348. The van der Waals surface area contributed by atoms with Gasteiger partial charge < -0.3 is 9.64 Å². The van der Waals surface area contributed by atoms with Crippen molar-refractivity contribution in [2.45, 2.75) is 18.2 Å². The number of nitro benzene ring substituents is 1. The van der Waals surface area contributed by atoms with E-state index in [1.807, 2.05) is 13.1 Å². The molecule has 0 aromatic heterocycles. The monoisotopic (exact) mass is 342 g/mol. The molecule has 1 aromatic rings. The van der Waals surface area contributed by atoms with E-state index >= 15 is 0 Å². The third kappa shape index (κ3) is 4.18. The lowest BCUT2D eigenvalue weighted by molar-refractivity contribution is -0.385. The lowest BCUT2D eigenvalue weighted by Crippen LogP contribution is -2.23. The van der Waals surface area contributed by atoms with E-state index in [0.717, 1.165) is 24.8 Å². The van der Waals surface area contributed by atoms with Crippen molar-refractivity contribution in [3.63, 3.8) is 0 Å². The molecule has 1 fully saturated rings. The highest BCUT2D eigenvalue weighted by Crippen LogP contribution is 2.29. The van der Waals surface area contributed by atoms with Gasteiger partial charge in [0.2, 0.25) is 0 Å². The van der Waals surface area contributed by atoms with Crippen molar-refractivity contribution in [1.29, 1.82) is 0 Å². The van der Waals surface area contributed by atoms with Gasteiger partial charge in [-0.3, -0.25) is 10.1 Å². The topological polar surface area (TPSA) is 55.6 Å². The number of anilines is 1. The molecule has 0 radical (unpaired) electrons. The summed E-state index contributed by atoms with van der Waals surface area (Å²) in [5.74, 6) is 0.777. The van der Waals surface area contributed by atoms with Crippen LogP contribution < -0.4 is 4.90 Å². The first-order chi connectivity index (χ1) is 9.61. The summed E-state index contributed by atoms with van der Waals surface area (Å²) in [5, 5.41) is 11.4. The molecule has 1 aliphatic carbocycles. The van der Waals surface area contributed by atoms with Gasteiger partial charge >= 0.3 is 0 Å². The van der Waals surface area contributed by atoms with Crippen LogP contribution in [-0.2, 0) is 10.1 Å². The Morgan fingerprint density at radius 3 is 2.85 bits per heavy atom. The number of nitro groups is 1. The molecule has 1 aliphatic rings. The SMILES string of the molecule is CN(CCOCC1CC1)c1ccc([N+](=O)[O-])c(CBr)c1. The van der Waals surface area contributed by atoms with Crippen molar-refractivity contribution >= 4 is 27.3 Å². The van der Waals surface area contributed by atoms with Crippen LogP contribution in [-0.4, -0.2) is 31.7 Å². The Hall–Kier alpha value is -1.14. The van der Waals surface area contributed by atoms with Gasteiger partial charge in [0.25, 0.3) is 5.69 Å². The zero-order valence-corrected chi connectivity index (χ0v) is 13.1. The highest BCUT2D eigenvalue weighted by atomic mass is 79.9. The predicted octanol–water partition coefficient (Wildman–Crippen LogP) is 3.35. The van der Waals surface area contributed by atoms with E-state index in [2.05, 4.69) is 20.8 Å². The smallest absolute Gasteiger partial charge is 0.273 e. The average molecular weight is 343 g/mol. The Balaban J connectivity index is 1.90. The van der Waals surface area contributed by atoms with Crippen molar-refractivity contribution in [1.82, 2.24) is 0 Å². The zero-order chi connectivity index (χ0) is 14.5. The van der Waals surface area contributed by atoms with Gasteiger partial charge in [-0.05, 0) is 30.9 Å². The van der Waals surface area contributed by atoms with E-state index in [4.69, 9.17) is 4.74 Å². The molecule has 0 atom stereocenters. The van der Waals surface area contributed by atoms with Crippen LogP contribution in [0.15, 0.2) is 18.2 Å². The second kappa shape index (κ2) is 7.04. The second-order valence-corrected chi connectivity index (χ2v) is 5.70. The van der Waals surface area contributed by atoms with E-state index in [9.17, 15) is 10.1 Å². The van der Waals surface area contributed by atoms with Gasteiger partial charge in [0.15, 0.2) is 0 Å². The van der Waals surface area contributed by atoms with E-state index in [1.165, 1.54) is 12.8 Å². The normalized spacial score (nSPS) is 14.3. The summed E-state index contributed by atoms with van der Waals surface area (Å²) in [4.78, 5) is 12.6. The Morgan fingerprint density at radius 1 is 1.50 bits per heavy atom. The van der Waals surface area contributed by atoms with Crippen molar-refractivity contribution in [2.24, 2.45) is 5.92 Å². The molecule has 0 saturated heterocycles. The van der Waals surface area contributed by atoms with Crippen molar-refractivity contribution in [3.05, 3.63) is 33.9 Å². The van der Waals surface area contributed by atoms with Crippen LogP contribution >= 0.6 is 15.9 Å². The third-order valence-corrected chi connectivity index (χ3v) is 4.07. The second-order valence-electron chi connectivity index (χ2n) is 5.14. The summed E-state index contributed by atoms with van der Waals surface area (Å²) < 4.78 is 5.61. The van der Waals surface area contributed by atoms with Crippen molar-refractivity contribution < 1.29 is 9.66 Å². The van der Waals surface area contributed by atoms with Gasteiger partial charge in [-0.1, -0.05) is 15.9 Å². The molecule has 0 N–H and O–H groups in total. The number of alkyl halides is 1. The standard InChI is InChI=1S/C14H19BrN2O3/c1-16(6-7-20-10-11-2-3-11)13-4-5-14(17(18)19)12(8-13)9-15/h4-5,8,11H,2-3,6-7,9-10H2,1H3. The minimum Gasteiger partial charge on any atom is -0.379 e. The number of hydrogen-bond acceptors (Lipinski definition) is 4. The largest absolute Gasteiger partial charge is 0.379 e. The fraction of sp³-hybridized carbons (Fsp3) is 0.571. The van der Waals surface area contributed by atoms with Gasteiger partial charge in [0.1, 0.15) is 0 Å². The number of halogens is 1.